The number of carbonyl (C=O) groups excluding carboxylic acids is 2. The largest absolute Gasteiger partial charge is 0.268 e. The number of imide groups is 1. The summed E-state index contributed by atoms with van der Waals surface area (Å²) in [5, 5.41) is 4.72. The molecule has 0 saturated heterocycles. The monoisotopic (exact) mass is 498 g/mol. The van der Waals surface area contributed by atoms with Gasteiger partial charge in [0.25, 0.3) is 11.8 Å². The predicted molar refractivity (Wildman–Crippen MR) is 154 cm³/mol. The Balaban J connectivity index is 1.60. The average Bonchev–Trinajstić information content (AvgIpc) is 3.20. The van der Waals surface area contributed by atoms with Gasteiger partial charge in [0.2, 0.25) is 0 Å². The molecule has 4 heteroatoms. The molecular weight excluding hydrogens is 473 g/mol. The zero-order chi connectivity index (χ0) is 25.4. The molecule has 0 bridgehead atoms. The maximum Gasteiger partial charge on any atom is 0.266 e. The molecule has 0 radical (unpaired) electrons. The fourth-order valence-corrected chi connectivity index (χ4v) is 9.56. The van der Waals surface area contributed by atoms with Crippen LogP contribution in [0.5, 0.6) is 0 Å². The van der Waals surface area contributed by atoms with Gasteiger partial charge in [-0.1, -0.05) is 72.3 Å². The molecule has 0 fully saturated rings. The first kappa shape index (κ1) is 23.1. The van der Waals surface area contributed by atoms with E-state index >= 15 is 0 Å². The van der Waals surface area contributed by atoms with Crippen molar-refractivity contribution in [3.05, 3.63) is 150 Å². The molecule has 0 spiro atoms. The average molecular weight is 499 g/mol. The van der Waals surface area contributed by atoms with Gasteiger partial charge in [-0.25, -0.2) is 4.90 Å². The van der Waals surface area contributed by atoms with Gasteiger partial charge in [0.15, 0.2) is 0 Å². The van der Waals surface area contributed by atoms with E-state index in [4.69, 9.17) is 0 Å². The molecule has 2 amide bonds. The van der Waals surface area contributed by atoms with Crippen molar-refractivity contribution in [2.24, 2.45) is 0 Å². The minimum absolute atomic E-state index is 0.274. The summed E-state index contributed by atoms with van der Waals surface area (Å²) in [4.78, 5) is 28.2. The number of nitrogens with zero attached hydrogens (tertiary/aromatic N) is 1. The van der Waals surface area contributed by atoms with Gasteiger partial charge in [-0.2, -0.15) is 0 Å². The summed E-state index contributed by atoms with van der Waals surface area (Å²) in [6, 6.07) is 45.1. The molecule has 0 N–H and O–H groups in total. The molecule has 6 rings (SSSR count). The fourth-order valence-electron chi connectivity index (χ4n) is 5.28. The Morgan fingerprint density at radius 1 is 0.486 bits per heavy atom. The molecule has 5 aromatic carbocycles. The lowest BCUT2D eigenvalue weighted by molar-refractivity contribution is 0.0926. The molecule has 0 unspecified atom stereocenters. The first-order valence-electron chi connectivity index (χ1n) is 12.3. The highest BCUT2D eigenvalue weighted by Gasteiger charge is 2.48. The Morgan fingerprint density at radius 3 is 1.51 bits per heavy atom. The van der Waals surface area contributed by atoms with Crippen LogP contribution in [0.1, 0.15) is 26.3 Å². The summed E-state index contributed by atoms with van der Waals surface area (Å²) >= 11 is 0. The second-order valence-corrected chi connectivity index (χ2v) is 12.6. The van der Waals surface area contributed by atoms with E-state index < -0.39 is 7.26 Å². The normalized spacial score (nSPS) is 13.1. The molecule has 178 valence electrons. The molecule has 0 atom stereocenters. The van der Waals surface area contributed by atoms with E-state index in [9.17, 15) is 9.59 Å². The second kappa shape index (κ2) is 9.28. The second-order valence-electron chi connectivity index (χ2n) is 9.19. The maximum absolute atomic E-state index is 13.4. The Morgan fingerprint density at radius 2 is 0.973 bits per heavy atom. The molecular formula is C33H25NO2P+. The van der Waals surface area contributed by atoms with Crippen LogP contribution in [0.2, 0.25) is 0 Å². The summed E-state index contributed by atoms with van der Waals surface area (Å²) in [5.74, 6) is -0.552. The topological polar surface area (TPSA) is 37.4 Å². The van der Waals surface area contributed by atoms with Gasteiger partial charge < -0.3 is 0 Å². The Bertz CT molecular complexity index is 1520. The Hall–Kier alpha value is -4.33. The van der Waals surface area contributed by atoms with Crippen molar-refractivity contribution in [2.45, 2.75) is 6.92 Å². The maximum atomic E-state index is 13.4. The van der Waals surface area contributed by atoms with Crippen LogP contribution in [0.3, 0.4) is 0 Å². The van der Waals surface area contributed by atoms with Crippen LogP contribution in [0, 0.1) is 6.92 Å². The molecule has 3 nitrogen and oxygen atoms in total. The number of aryl methyl sites for hydroxylation is 1. The number of amides is 2. The van der Waals surface area contributed by atoms with Gasteiger partial charge >= 0.3 is 0 Å². The smallest absolute Gasteiger partial charge is 0.266 e. The Labute approximate surface area is 217 Å². The van der Waals surface area contributed by atoms with E-state index in [1.807, 2.05) is 49.4 Å². The first-order valence-corrected chi connectivity index (χ1v) is 14.1. The standard InChI is InChI=1S/C33H25NO2P/c1-24-20-21-30-31(22-24)33(36)34(32(30)35)25-12-11-19-29(23-25)37(26-13-5-2-6-14-26,27-15-7-3-8-16-27)28-17-9-4-10-18-28/h2-23H,1H3/q+1. The van der Waals surface area contributed by atoms with E-state index in [0.29, 0.717) is 16.8 Å². The van der Waals surface area contributed by atoms with E-state index in [1.54, 1.807) is 12.1 Å². The van der Waals surface area contributed by atoms with Crippen LogP contribution >= 0.6 is 7.26 Å². The van der Waals surface area contributed by atoms with Crippen molar-refractivity contribution in [1.29, 1.82) is 0 Å². The molecule has 37 heavy (non-hydrogen) atoms. The van der Waals surface area contributed by atoms with Gasteiger partial charge in [0, 0.05) is 6.07 Å². The number of hydrogen-bond acceptors (Lipinski definition) is 2. The fraction of sp³-hybridized carbons (Fsp3) is 0.0303. The van der Waals surface area contributed by atoms with Crippen molar-refractivity contribution in [1.82, 2.24) is 0 Å². The predicted octanol–water partition coefficient (Wildman–Crippen LogP) is 5.42. The number of hydrogen-bond donors (Lipinski definition) is 0. The summed E-state index contributed by atoms with van der Waals surface area (Å²) < 4.78 is 0. The highest BCUT2D eigenvalue weighted by molar-refractivity contribution is 8.01. The van der Waals surface area contributed by atoms with Gasteiger partial charge in [-0.05, 0) is 67.6 Å². The molecule has 0 aromatic heterocycles. The summed E-state index contributed by atoms with van der Waals surface area (Å²) in [6.07, 6.45) is 0. The molecule has 1 heterocycles. The highest BCUT2D eigenvalue weighted by atomic mass is 31.2. The lowest BCUT2D eigenvalue weighted by Crippen LogP contribution is -2.39. The van der Waals surface area contributed by atoms with Crippen LogP contribution in [0.15, 0.2) is 133 Å². The number of carbonyl (C=O) groups is 2. The van der Waals surface area contributed by atoms with Crippen LogP contribution in [-0.4, -0.2) is 11.8 Å². The van der Waals surface area contributed by atoms with Crippen LogP contribution in [0.25, 0.3) is 0 Å². The number of benzene rings is 5. The molecule has 1 aliphatic rings. The summed E-state index contributed by atoms with van der Waals surface area (Å²) in [5.41, 5.74) is 2.47. The van der Waals surface area contributed by atoms with E-state index in [-0.39, 0.29) is 11.8 Å². The third kappa shape index (κ3) is 3.71. The minimum Gasteiger partial charge on any atom is -0.268 e. The lowest BCUT2D eigenvalue weighted by Gasteiger charge is -2.28. The summed E-state index contributed by atoms with van der Waals surface area (Å²) in [6.45, 7) is 1.93. The van der Waals surface area contributed by atoms with Gasteiger partial charge in [0.05, 0.1) is 16.8 Å². The number of anilines is 1. The zero-order valence-corrected chi connectivity index (χ0v) is 21.3. The van der Waals surface area contributed by atoms with Crippen molar-refractivity contribution in [2.75, 3.05) is 4.90 Å². The van der Waals surface area contributed by atoms with Crippen LogP contribution < -0.4 is 26.1 Å². The van der Waals surface area contributed by atoms with E-state index in [2.05, 4.69) is 78.9 Å². The number of fused-ring (bicyclic) bond motifs is 1. The SMILES string of the molecule is Cc1ccc2c(c1)C(=O)N(c1cccc([P+](c3ccccc3)(c3ccccc3)c3ccccc3)c1)C2=O. The lowest BCUT2D eigenvalue weighted by atomic mass is 10.1. The van der Waals surface area contributed by atoms with Gasteiger partial charge in [-0.3, -0.25) is 9.59 Å². The highest BCUT2D eigenvalue weighted by Crippen LogP contribution is 2.54. The molecule has 5 aromatic rings. The zero-order valence-electron chi connectivity index (χ0n) is 20.4. The van der Waals surface area contributed by atoms with Crippen molar-refractivity contribution in [3.8, 4) is 0 Å². The van der Waals surface area contributed by atoms with Crippen molar-refractivity contribution < 1.29 is 9.59 Å². The van der Waals surface area contributed by atoms with Crippen molar-refractivity contribution >= 4 is 46.0 Å². The van der Waals surface area contributed by atoms with E-state index in [1.165, 1.54) is 20.8 Å². The van der Waals surface area contributed by atoms with Crippen LogP contribution in [-0.2, 0) is 0 Å². The van der Waals surface area contributed by atoms with Gasteiger partial charge in [-0.15, -0.1) is 0 Å². The van der Waals surface area contributed by atoms with E-state index in [0.717, 1.165) is 10.9 Å². The van der Waals surface area contributed by atoms with Crippen molar-refractivity contribution in [3.63, 3.8) is 0 Å². The molecule has 0 saturated carbocycles. The molecule has 0 aliphatic carbocycles. The Kier molecular flexibility index (Phi) is 5.79. The number of rotatable bonds is 5. The minimum atomic E-state index is -2.34. The quantitative estimate of drug-likeness (QED) is 0.240. The van der Waals surface area contributed by atoms with Crippen LogP contribution in [0.4, 0.5) is 5.69 Å². The first-order chi connectivity index (χ1) is 18.1. The summed E-state index contributed by atoms with van der Waals surface area (Å²) in [7, 11) is -2.34. The van der Waals surface area contributed by atoms with Gasteiger partial charge in [0.1, 0.15) is 28.5 Å². The third-order valence-corrected chi connectivity index (χ3v) is 11.2. The third-order valence-electron chi connectivity index (χ3n) is 6.95. The molecule has 1 aliphatic heterocycles.